The maximum Gasteiger partial charge on any atom is 0.227 e. The van der Waals surface area contributed by atoms with Gasteiger partial charge in [0.15, 0.2) is 0 Å². The minimum atomic E-state index is 0.405. The molecule has 0 bridgehead atoms. The van der Waals surface area contributed by atoms with Gasteiger partial charge in [0.25, 0.3) is 0 Å². The van der Waals surface area contributed by atoms with Gasteiger partial charge in [0.2, 0.25) is 5.95 Å². The van der Waals surface area contributed by atoms with E-state index in [1.165, 1.54) is 6.42 Å². The fourth-order valence-electron chi connectivity index (χ4n) is 3.72. The van der Waals surface area contributed by atoms with Crippen molar-refractivity contribution in [3.8, 4) is 0 Å². The summed E-state index contributed by atoms with van der Waals surface area (Å²) >= 11 is 0. The smallest absolute Gasteiger partial charge is 0.227 e. The van der Waals surface area contributed by atoms with Crippen LogP contribution in [0.5, 0.6) is 0 Å². The molecule has 28 heavy (non-hydrogen) atoms. The number of fused-ring (bicyclic) bond motifs is 1. The van der Waals surface area contributed by atoms with Crippen LogP contribution in [0.25, 0.3) is 10.9 Å². The van der Waals surface area contributed by atoms with Crippen molar-refractivity contribution in [2.75, 3.05) is 30.4 Å². The zero-order valence-corrected chi connectivity index (χ0v) is 17.1. The zero-order chi connectivity index (χ0) is 19.7. The quantitative estimate of drug-likeness (QED) is 0.643. The molecule has 2 aromatic heterocycles. The van der Waals surface area contributed by atoms with Gasteiger partial charge in [-0.15, -0.1) is 0 Å². The molecule has 0 amide bonds. The van der Waals surface area contributed by atoms with E-state index in [9.17, 15) is 0 Å². The van der Waals surface area contributed by atoms with Crippen molar-refractivity contribution in [1.29, 1.82) is 0 Å². The highest BCUT2D eigenvalue weighted by Gasteiger charge is 2.22. The zero-order valence-electron chi connectivity index (χ0n) is 17.1. The standard InChI is InChI=1S/C21H29N7/c1-13-5-7-18(12-22-10-13)28(4)21-24-15(3)14(2)20(26-21)25-17-6-8-19-16(9-17)11-23-27-19/h6,8-9,11,13,18,22H,5,7,10,12H2,1-4H3,(H,23,27)(H,24,25,26). The summed E-state index contributed by atoms with van der Waals surface area (Å²) in [6.45, 7) is 8.47. The molecule has 3 aromatic rings. The van der Waals surface area contributed by atoms with E-state index < -0.39 is 0 Å². The number of rotatable bonds is 4. The largest absolute Gasteiger partial charge is 0.340 e. The maximum atomic E-state index is 4.87. The molecule has 148 valence electrons. The van der Waals surface area contributed by atoms with Gasteiger partial charge in [-0.25, -0.2) is 4.98 Å². The van der Waals surface area contributed by atoms with Crippen LogP contribution in [-0.4, -0.2) is 46.3 Å². The molecule has 1 fully saturated rings. The first-order chi connectivity index (χ1) is 13.5. The van der Waals surface area contributed by atoms with Crippen LogP contribution >= 0.6 is 0 Å². The Kier molecular flexibility index (Phi) is 5.17. The van der Waals surface area contributed by atoms with Crippen LogP contribution in [0.15, 0.2) is 24.4 Å². The van der Waals surface area contributed by atoms with Gasteiger partial charge in [0.05, 0.1) is 11.7 Å². The number of nitrogens with zero attached hydrogens (tertiary/aromatic N) is 4. The Morgan fingerprint density at radius 1 is 1.14 bits per heavy atom. The molecular formula is C21H29N7. The maximum absolute atomic E-state index is 4.87. The summed E-state index contributed by atoms with van der Waals surface area (Å²) in [7, 11) is 2.10. The van der Waals surface area contributed by atoms with Gasteiger partial charge in [-0.05, 0) is 57.4 Å². The molecule has 0 radical (unpaired) electrons. The molecule has 4 rings (SSSR count). The number of anilines is 3. The van der Waals surface area contributed by atoms with Gasteiger partial charge in [0.1, 0.15) is 5.82 Å². The molecular weight excluding hydrogens is 350 g/mol. The number of likely N-dealkylation sites (N-methyl/N-ethyl adjacent to an activating group) is 1. The van der Waals surface area contributed by atoms with Crippen molar-refractivity contribution in [3.05, 3.63) is 35.7 Å². The van der Waals surface area contributed by atoms with Crippen LogP contribution in [-0.2, 0) is 0 Å². The van der Waals surface area contributed by atoms with Crippen molar-refractivity contribution in [2.45, 2.75) is 39.7 Å². The number of H-pyrrole nitrogens is 1. The minimum Gasteiger partial charge on any atom is -0.340 e. The molecule has 1 aliphatic heterocycles. The highest BCUT2D eigenvalue weighted by atomic mass is 15.3. The van der Waals surface area contributed by atoms with Gasteiger partial charge in [0, 0.05) is 42.0 Å². The fraction of sp³-hybridized carbons (Fsp3) is 0.476. The Morgan fingerprint density at radius 3 is 2.86 bits per heavy atom. The normalized spacial score (nSPS) is 20.1. The number of nitrogens with one attached hydrogen (secondary N) is 3. The van der Waals surface area contributed by atoms with Gasteiger partial charge in [-0.3, -0.25) is 5.10 Å². The SMILES string of the molecule is Cc1nc(N(C)C2CCC(C)CNC2)nc(Nc2ccc3[nH]ncc3c2)c1C. The first kappa shape index (κ1) is 18.7. The molecule has 3 heterocycles. The van der Waals surface area contributed by atoms with Crippen LogP contribution < -0.4 is 15.5 Å². The first-order valence-electron chi connectivity index (χ1n) is 10.00. The Bertz CT molecular complexity index is 965. The predicted molar refractivity (Wildman–Crippen MR) is 114 cm³/mol. The third kappa shape index (κ3) is 3.80. The highest BCUT2D eigenvalue weighted by molar-refractivity contribution is 5.82. The summed E-state index contributed by atoms with van der Waals surface area (Å²) in [5.41, 5.74) is 4.08. The highest BCUT2D eigenvalue weighted by Crippen LogP contribution is 2.26. The molecule has 2 unspecified atom stereocenters. The number of aromatic nitrogens is 4. The molecule has 3 N–H and O–H groups in total. The molecule has 2 atom stereocenters. The molecule has 7 heteroatoms. The summed E-state index contributed by atoms with van der Waals surface area (Å²) in [5.74, 6) is 2.35. The van der Waals surface area contributed by atoms with E-state index in [2.05, 4.69) is 52.7 Å². The second-order valence-corrected chi connectivity index (χ2v) is 7.99. The number of aromatic amines is 1. The van der Waals surface area contributed by atoms with Crippen molar-refractivity contribution >= 4 is 28.4 Å². The van der Waals surface area contributed by atoms with Crippen molar-refractivity contribution in [1.82, 2.24) is 25.5 Å². The molecule has 7 nitrogen and oxygen atoms in total. The lowest BCUT2D eigenvalue weighted by molar-refractivity contribution is 0.514. The minimum absolute atomic E-state index is 0.405. The molecule has 0 spiro atoms. The summed E-state index contributed by atoms with van der Waals surface area (Å²) < 4.78 is 0. The Morgan fingerprint density at radius 2 is 2.00 bits per heavy atom. The Hall–Kier alpha value is -2.67. The number of hydrogen-bond donors (Lipinski definition) is 3. The lowest BCUT2D eigenvalue weighted by atomic mass is 10.0. The number of benzene rings is 1. The molecule has 0 saturated carbocycles. The summed E-state index contributed by atoms with van der Waals surface area (Å²) in [6, 6.07) is 6.55. The van der Waals surface area contributed by atoms with E-state index in [-0.39, 0.29) is 0 Å². The van der Waals surface area contributed by atoms with Gasteiger partial charge >= 0.3 is 0 Å². The topological polar surface area (TPSA) is 81.8 Å². The van der Waals surface area contributed by atoms with Crippen LogP contribution in [0.2, 0.25) is 0 Å². The van der Waals surface area contributed by atoms with E-state index >= 15 is 0 Å². The molecule has 1 saturated heterocycles. The van der Waals surface area contributed by atoms with E-state index in [0.717, 1.165) is 59.1 Å². The summed E-state index contributed by atoms with van der Waals surface area (Å²) in [6.07, 6.45) is 4.21. The van der Waals surface area contributed by atoms with Crippen LogP contribution in [0.4, 0.5) is 17.5 Å². The van der Waals surface area contributed by atoms with Crippen LogP contribution in [0.1, 0.15) is 31.0 Å². The van der Waals surface area contributed by atoms with Gasteiger partial charge < -0.3 is 15.5 Å². The lowest BCUT2D eigenvalue weighted by Crippen LogP contribution is -2.40. The summed E-state index contributed by atoms with van der Waals surface area (Å²) in [5, 5.41) is 15.2. The van der Waals surface area contributed by atoms with E-state index in [0.29, 0.717) is 12.0 Å². The van der Waals surface area contributed by atoms with Crippen molar-refractivity contribution in [3.63, 3.8) is 0 Å². The van der Waals surface area contributed by atoms with Crippen molar-refractivity contribution in [2.24, 2.45) is 5.92 Å². The monoisotopic (exact) mass is 379 g/mol. The second-order valence-electron chi connectivity index (χ2n) is 7.99. The molecule has 1 aromatic carbocycles. The molecule has 1 aliphatic rings. The van der Waals surface area contributed by atoms with E-state index in [4.69, 9.17) is 9.97 Å². The van der Waals surface area contributed by atoms with Gasteiger partial charge in [-0.1, -0.05) is 6.92 Å². The third-order valence-corrected chi connectivity index (χ3v) is 5.81. The average Bonchev–Trinajstić information content (AvgIpc) is 3.04. The summed E-state index contributed by atoms with van der Waals surface area (Å²) in [4.78, 5) is 11.9. The first-order valence-corrected chi connectivity index (χ1v) is 10.00. The lowest BCUT2D eigenvalue weighted by Gasteiger charge is -2.28. The fourth-order valence-corrected chi connectivity index (χ4v) is 3.72. The third-order valence-electron chi connectivity index (χ3n) is 5.81. The van der Waals surface area contributed by atoms with E-state index in [1.807, 2.05) is 25.3 Å². The van der Waals surface area contributed by atoms with Gasteiger partial charge in [-0.2, -0.15) is 10.1 Å². The number of aryl methyl sites for hydroxylation is 1. The average molecular weight is 380 g/mol. The Labute approximate surface area is 166 Å². The second kappa shape index (κ2) is 7.75. The Balaban J connectivity index is 1.60. The van der Waals surface area contributed by atoms with Crippen LogP contribution in [0.3, 0.4) is 0 Å². The predicted octanol–water partition coefficient (Wildman–Crippen LogP) is 3.54. The number of hydrogen-bond acceptors (Lipinski definition) is 6. The van der Waals surface area contributed by atoms with Crippen LogP contribution in [0, 0.1) is 19.8 Å². The van der Waals surface area contributed by atoms with E-state index in [1.54, 1.807) is 0 Å². The van der Waals surface area contributed by atoms with Crippen molar-refractivity contribution < 1.29 is 0 Å². The molecule has 0 aliphatic carbocycles.